The Morgan fingerprint density at radius 2 is 2.07 bits per heavy atom. The number of carbonyl (C=O) groups is 2. The van der Waals surface area contributed by atoms with E-state index in [-0.39, 0.29) is 24.4 Å². The molecule has 0 unspecified atom stereocenters. The fraction of sp³-hybridized carbons (Fsp3) is 0.800. The quantitative estimate of drug-likeness (QED) is 0.669. The molecule has 1 aliphatic carbocycles. The first-order valence-electron chi connectivity index (χ1n) is 5.39. The molecule has 0 aromatic rings. The van der Waals surface area contributed by atoms with Gasteiger partial charge in [-0.2, -0.15) is 0 Å². The zero-order chi connectivity index (χ0) is 10.8. The molecule has 5 nitrogen and oxygen atoms in total. The number of likely N-dealkylation sites (tertiary alicyclic amines) is 1. The maximum absolute atomic E-state index is 11.4. The number of hydrogen-bond donors (Lipinski definition) is 2. The normalized spacial score (nSPS) is 26.5. The summed E-state index contributed by atoms with van der Waals surface area (Å²) in [5.41, 5.74) is 0. The number of rotatable bonds is 4. The SMILES string of the molecule is O=C(O)CN1CC[C@@H](NC(=O)C2CC2)C1. The van der Waals surface area contributed by atoms with E-state index in [1.54, 1.807) is 0 Å². The van der Waals surface area contributed by atoms with Crippen LogP contribution in [0.15, 0.2) is 0 Å². The van der Waals surface area contributed by atoms with Crippen LogP contribution in [0.2, 0.25) is 0 Å². The summed E-state index contributed by atoms with van der Waals surface area (Å²) < 4.78 is 0. The molecular weight excluding hydrogens is 196 g/mol. The fourth-order valence-corrected chi connectivity index (χ4v) is 1.95. The summed E-state index contributed by atoms with van der Waals surface area (Å²) >= 11 is 0. The molecule has 1 aliphatic heterocycles. The average molecular weight is 212 g/mol. The van der Waals surface area contributed by atoms with Crippen molar-refractivity contribution < 1.29 is 14.7 Å². The number of carbonyl (C=O) groups excluding carboxylic acids is 1. The molecule has 1 heterocycles. The minimum Gasteiger partial charge on any atom is -0.480 e. The monoisotopic (exact) mass is 212 g/mol. The molecule has 2 fully saturated rings. The van der Waals surface area contributed by atoms with Crippen molar-refractivity contribution in [1.29, 1.82) is 0 Å². The minimum atomic E-state index is -0.802. The van der Waals surface area contributed by atoms with Crippen LogP contribution in [-0.4, -0.2) is 47.6 Å². The van der Waals surface area contributed by atoms with Crippen LogP contribution < -0.4 is 5.32 Å². The maximum atomic E-state index is 11.4. The van der Waals surface area contributed by atoms with E-state index in [1.807, 2.05) is 4.90 Å². The smallest absolute Gasteiger partial charge is 0.317 e. The van der Waals surface area contributed by atoms with Crippen molar-refractivity contribution in [3.8, 4) is 0 Å². The van der Waals surface area contributed by atoms with Crippen LogP contribution in [0, 0.1) is 5.92 Å². The summed E-state index contributed by atoms with van der Waals surface area (Å²) in [4.78, 5) is 23.8. The van der Waals surface area contributed by atoms with Crippen LogP contribution in [0.1, 0.15) is 19.3 Å². The van der Waals surface area contributed by atoms with Gasteiger partial charge in [-0.1, -0.05) is 0 Å². The van der Waals surface area contributed by atoms with E-state index in [2.05, 4.69) is 5.32 Å². The third-order valence-electron chi connectivity index (χ3n) is 2.93. The van der Waals surface area contributed by atoms with Crippen LogP contribution >= 0.6 is 0 Å². The Morgan fingerprint density at radius 1 is 1.33 bits per heavy atom. The van der Waals surface area contributed by atoms with Gasteiger partial charge in [0.1, 0.15) is 0 Å². The number of nitrogens with zero attached hydrogens (tertiary/aromatic N) is 1. The molecular formula is C10H16N2O3. The zero-order valence-corrected chi connectivity index (χ0v) is 8.61. The fourth-order valence-electron chi connectivity index (χ4n) is 1.95. The molecule has 5 heteroatoms. The number of aliphatic carboxylic acids is 1. The van der Waals surface area contributed by atoms with Gasteiger partial charge in [0.15, 0.2) is 0 Å². The first-order chi connectivity index (χ1) is 7.15. The third-order valence-corrected chi connectivity index (χ3v) is 2.93. The van der Waals surface area contributed by atoms with Crippen molar-refractivity contribution in [3.05, 3.63) is 0 Å². The van der Waals surface area contributed by atoms with E-state index in [9.17, 15) is 9.59 Å². The van der Waals surface area contributed by atoms with Crippen molar-refractivity contribution in [2.24, 2.45) is 5.92 Å². The number of hydrogen-bond acceptors (Lipinski definition) is 3. The average Bonchev–Trinajstić information content (AvgIpc) is 2.90. The van der Waals surface area contributed by atoms with E-state index >= 15 is 0 Å². The number of carboxylic acid groups (broad SMARTS) is 1. The molecule has 1 saturated carbocycles. The summed E-state index contributed by atoms with van der Waals surface area (Å²) in [5.74, 6) is -0.417. The van der Waals surface area contributed by atoms with E-state index in [0.717, 1.165) is 25.8 Å². The van der Waals surface area contributed by atoms with Crippen molar-refractivity contribution in [2.75, 3.05) is 19.6 Å². The Bertz CT molecular complexity index is 276. The van der Waals surface area contributed by atoms with Gasteiger partial charge in [0.25, 0.3) is 0 Å². The van der Waals surface area contributed by atoms with Gasteiger partial charge in [0, 0.05) is 25.0 Å². The Balaban J connectivity index is 1.72. The minimum absolute atomic E-state index is 0.0792. The lowest BCUT2D eigenvalue weighted by molar-refractivity contribution is -0.138. The largest absolute Gasteiger partial charge is 0.480 e. The first-order valence-corrected chi connectivity index (χ1v) is 5.39. The molecule has 0 aromatic carbocycles. The Hall–Kier alpha value is -1.10. The van der Waals surface area contributed by atoms with Gasteiger partial charge in [0.2, 0.25) is 5.91 Å². The highest BCUT2D eigenvalue weighted by molar-refractivity contribution is 5.81. The van der Waals surface area contributed by atoms with E-state index < -0.39 is 5.97 Å². The zero-order valence-electron chi connectivity index (χ0n) is 8.61. The predicted octanol–water partition coefficient (Wildman–Crippen LogP) is -0.329. The molecule has 2 aliphatic rings. The highest BCUT2D eigenvalue weighted by Gasteiger charge is 2.32. The lowest BCUT2D eigenvalue weighted by atomic mass is 10.2. The van der Waals surface area contributed by atoms with Crippen molar-refractivity contribution in [3.63, 3.8) is 0 Å². The van der Waals surface area contributed by atoms with Crippen LogP contribution in [-0.2, 0) is 9.59 Å². The Labute approximate surface area is 88.4 Å². The topological polar surface area (TPSA) is 69.6 Å². The second kappa shape index (κ2) is 4.18. The number of carboxylic acids is 1. The summed E-state index contributed by atoms with van der Waals surface area (Å²) in [6.45, 7) is 1.52. The van der Waals surface area contributed by atoms with Gasteiger partial charge in [-0.3, -0.25) is 14.5 Å². The maximum Gasteiger partial charge on any atom is 0.317 e. The van der Waals surface area contributed by atoms with Crippen LogP contribution in [0.25, 0.3) is 0 Å². The van der Waals surface area contributed by atoms with Gasteiger partial charge < -0.3 is 10.4 Å². The molecule has 0 radical (unpaired) electrons. The lowest BCUT2D eigenvalue weighted by Gasteiger charge is -2.14. The number of nitrogens with one attached hydrogen (secondary N) is 1. The summed E-state index contributed by atoms with van der Waals surface area (Å²) in [6.07, 6.45) is 2.89. The summed E-state index contributed by atoms with van der Waals surface area (Å²) in [6, 6.07) is 0.150. The first kappa shape index (κ1) is 10.4. The van der Waals surface area contributed by atoms with Crippen molar-refractivity contribution in [1.82, 2.24) is 10.2 Å². The Kier molecular flexibility index (Phi) is 2.90. The van der Waals surface area contributed by atoms with Crippen molar-refractivity contribution in [2.45, 2.75) is 25.3 Å². The van der Waals surface area contributed by atoms with Gasteiger partial charge in [0.05, 0.1) is 6.54 Å². The summed E-state index contributed by atoms with van der Waals surface area (Å²) in [7, 11) is 0. The molecule has 0 aromatic heterocycles. The molecule has 2 rings (SSSR count). The van der Waals surface area contributed by atoms with Crippen LogP contribution in [0.3, 0.4) is 0 Å². The van der Waals surface area contributed by atoms with E-state index in [4.69, 9.17) is 5.11 Å². The molecule has 1 atom stereocenters. The van der Waals surface area contributed by atoms with Gasteiger partial charge in [-0.15, -0.1) is 0 Å². The predicted molar refractivity (Wildman–Crippen MR) is 53.3 cm³/mol. The molecule has 0 bridgehead atoms. The Morgan fingerprint density at radius 3 is 2.67 bits per heavy atom. The van der Waals surface area contributed by atoms with Gasteiger partial charge in [-0.05, 0) is 19.3 Å². The summed E-state index contributed by atoms with van der Waals surface area (Å²) in [5, 5.41) is 11.6. The second-order valence-corrected chi connectivity index (χ2v) is 4.40. The molecule has 1 saturated heterocycles. The van der Waals surface area contributed by atoms with E-state index in [1.165, 1.54) is 0 Å². The van der Waals surface area contributed by atoms with E-state index in [0.29, 0.717) is 6.54 Å². The van der Waals surface area contributed by atoms with Crippen molar-refractivity contribution >= 4 is 11.9 Å². The molecule has 0 spiro atoms. The number of amides is 1. The van der Waals surface area contributed by atoms with Gasteiger partial charge >= 0.3 is 5.97 Å². The molecule has 84 valence electrons. The third kappa shape index (κ3) is 2.92. The van der Waals surface area contributed by atoms with Crippen LogP contribution in [0.5, 0.6) is 0 Å². The molecule has 1 amide bonds. The van der Waals surface area contributed by atoms with Crippen LogP contribution in [0.4, 0.5) is 0 Å². The standard InChI is InChI=1S/C10H16N2O3/c13-9(14)6-12-4-3-8(5-12)11-10(15)7-1-2-7/h7-8H,1-6H2,(H,11,15)(H,13,14)/t8-/m1/s1. The highest BCUT2D eigenvalue weighted by Crippen LogP contribution is 2.29. The highest BCUT2D eigenvalue weighted by atomic mass is 16.4. The lowest BCUT2D eigenvalue weighted by Crippen LogP contribution is -2.38. The molecule has 15 heavy (non-hydrogen) atoms. The van der Waals surface area contributed by atoms with Gasteiger partial charge in [-0.25, -0.2) is 0 Å². The second-order valence-electron chi connectivity index (χ2n) is 4.40. The molecule has 2 N–H and O–H groups in total.